The van der Waals surface area contributed by atoms with Gasteiger partial charge in [0.15, 0.2) is 9.84 Å². The normalized spacial score (nSPS) is 14.1. The number of rotatable bonds is 7. The molecule has 0 saturated carbocycles. The molecule has 1 N–H and O–H groups in total. The Kier molecular flexibility index (Phi) is 7.64. The van der Waals surface area contributed by atoms with E-state index < -0.39 is 33.5 Å². The molecule has 0 saturated heterocycles. The number of carbonyl (C=O) groups excluding carboxylic acids is 1. The lowest BCUT2D eigenvalue weighted by Gasteiger charge is -2.31. The predicted octanol–water partition coefficient (Wildman–Crippen LogP) is 5.41. The van der Waals surface area contributed by atoms with Crippen LogP contribution in [-0.2, 0) is 16.0 Å². The van der Waals surface area contributed by atoms with Gasteiger partial charge in [0.2, 0.25) is 0 Å². The summed E-state index contributed by atoms with van der Waals surface area (Å²) < 4.78 is 68.7. The van der Waals surface area contributed by atoms with Crippen LogP contribution in [0.25, 0.3) is 0 Å². The molecule has 0 spiro atoms. The van der Waals surface area contributed by atoms with Gasteiger partial charge in [-0.05, 0) is 60.2 Å². The minimum atomic E-state index is -4.43. The van der Waals surface area contributed by atoms with E-state index in [1.807, 2.05) is 11.0 Å². The molecule has 38 heavy (non-hydrogen) atoms. The van der Waals surface area contributed by atoms with E-state index >= 15 is 0 Å². The number of nitrogens with zero attached hydrogens (tertiary/aromatic N) is 2. The molecule has 1 aliphatic rings. The minimum Gasteiger partial charge on any atom is -0.490 e. The van der Waals surface area contributed by atoms with Crippen molar-refractivity contribution in [2.45, 2.75) is 30.5 Å². The van der Waals surface area contributed by atoms with E-state index in [1.54, 1.807) is 37.3 Å². The average molecular weight is 544 g/mol. The minimum absolute atomic E-state index is 0.0330. The molecule has 0 radical (unpaired) electrons. The van der Waals surface area contributed by atoms with Crippen LogP contribution in [0.5, 0.6) is 5.75 Å². The summed E-state index contributed by atoms with van der Waals surface area (Å²) in [7, 11) is -3.38. The average Bonchev–Trinajstić information content (AvgIpc) is 2.91. The highest BCUT2D eigenvalue weighted by atomic mass is 32.2. The van der Waals surface area contributed by atoms with Crippen LogP contribution in [0.2, 0.25) is 0 Å². The number of sulfone groups is 1. The fourth-order valence-corrected chi connectivity index (χ4v) is 5.00. The number of hydrogen-bond donors (Lipinski definition) is 1. The van der Waals surface area contributed by atoms with Crippen LogP contribution >= 0.6 is 0 Å². The molecule has 0 aliphatic carbocycles. The maximum absolute atomic E-state index is 13.1. The SMILES string of the molecule is CCS(=O)(=O)c1ccc([C@H](CC#N)NC(=O)c2ccc3c(c2)OCCN3c2ccc(C(F)(F)F)cc2)cc1. The molecule has 0 aromatic heterocycles. The number of anilines is 2. The Labute approximate surface area is 218 Å². The molecule has 1 aliphatic heterocycles. The molecular formula is C27H24F3N3O4S. The second-order valence-corrected chi connectivity index (χ2v) is 10.9. The lowest BCUT2D eigenvalue weighted by Crippen LogP contribution is -2.30. The third-order valence-electron chi connectivity index (χ3n) is 6.21. The van der Waals surface area contributed by atoms with Crippen molar-refractivity contribution in [1.29, 1.82) is 5.26 Å². The van der Waals surface area contributed by atoms with Gasteiger partial charge < -0.3 is 15.0 Å². The van der Waals surface area contributed by atoms with Gasteiger partial charge in [-0.15, -0.1) is 0 Å². The number of fused-ring (bicyclic) bond motifs is 1. The van der Waals surface area contributed by atoms with Crippen molar-refractivity contribution in [3.63, 3.8) is 0 Å². The second kappa shape index (κ2) is 10.8. The van der Waals surface area contributed by atoms with Crippen LogP contribution in [0, 0.1) is 11.3 Å². The van der Waals surface area contributed by atoms with Gasteiger partial charge in [-0.25, -0.2) is 8.42 Å². The van der Waals surface area contributed by atoms with E-state index in [9.17, 15) is 31.6 Å². The van der Waals surface area contributed by atoms with Gasteiger partial charge in [0, 0.05) is 11.3 Å². The fraction of sp³-hybridized carbons (Fsp3) is 0.259. The van der Waals surface area contributed by atoms with E-state index in [1.165, 1.54) is 24.3 Å². The van der Waals surface area contributed by atoms with Crippen molar-refractivity contribution in [1.82, 2.24) is 5.32 Å². The number of amides is 1. The van der Waals surface area contributed by atoms with Gasteiger partial charge in [-0.2, -0.15) is 18.4 Å². The zero-order valence-electron chi connectivity index (χ0n) is 20.3. The van der Waals surface area contributed by atoms with Crippen LogP contribution in [0.1, 0.15) is 40.9 Å². The lowest BCUT2D eigenvalue weighted by atomic mass is 10.0. The first kappa shape index (κ1) is 27.0. The molecule has 1 heterocycles. The molecule has 0 fully saturated rings. The maximum Gasteiger partial charge on any atom is 0.416 e. The van der Waals surface area contributed by atoms with E-state index in [-0.39, 0.29) is 29.2 Å². The van der Waals surface area contributed by atoms with Crippen molar-refractivity contribution in [2.75, 3.05) is 23.8 Å². The topological polar surface area (TPSA) is 99.5 Å². The summed E-state index contributed by atoms with van der Waals surface area (Å²) in [5, 5.41) is 12.1. The zero-order chi connectivity index (χ0) is 27.5. The Morgan fingerprint density at radius 1 is 1.11 bits per heavy atom. The van der Waals surface area contributed by atoms with Crippen molar-refractivity contribution in [3.05, 3.63) is 83.4 Å². The Hall–Kier alpha value is -4.04. The highest BCUT2D eigenvalue weighted by Gasteiger charge is 2.30. The number of hydrogen-bond acceptors (Lipinski definition) is 6. The van der Waals surface area contributed by atoms with Crippen LogP contribution in [-0.4, -0.2) is 33.2 Å². The molecule has 1 atom stereocenters. The summed E-state index contributed by atoms with van der Waals surface area (Å²) in [6.45, 7) is 2.23. The van der Waals surface area contributed by atoms with Crippen molar-refractivity contribution in [2.24, 2.45) is 0 Å². The van der Waals surface area contributed by atoms with Crippen molar-refractivity contribution < 1.29 is 31.1 Å². The Balaban J connectivity index is 1.54. The van der Waals surface area contributed by atoms with Gasteiger partial charge >= 0.3 is 6.18 Å². The summed E-state index contributed by atoms with van der Waals surface area (Å²) in [4.78, 5) is 15.0. The van der Waals surface area contributed by atoms with Crippen molar-refractivity contribution in [3.8, 4) is 11.8 Å². The van der Waals surface area contributed by atoms with E-state index in [0.717, 1.165) is 12.1 Å². The Morgan fingerprint density at radius 3 is 2.39 bits per heavy atom. The monoisotopic (exact) mass is 543 g/mol. The standard InChI is InChI=1S/C27H24F3N3O4S/c1-2-38(35,36)22-10-3-18(4-11-22)23(13-14-31)32-26(34)19-5-12-24-25(17-19)37-16-15-33(24)21-8-6-20(7-9-21)27(28,29)30/h3-12,17,23H,2,13,15-16H2,1H3,(H,32,34)/t23-/m0/s1. The number of ether oxygens (including phenoxy) is 1. The largest absolute Gasteiger partial charge is 0.490 e. The fourth-order valence-electron chi connectivity index (χ4n) is 4.12. The van der Waals surface area contributed by atoms with Gasteiger partial charge in [0.25, 0.3) is 5.91 Å². The summed E-state index contributed by atoms with van der Waals surface area (Å²) in [6, 6.07) is 17.0. The number of nitrogens with one attached hydrogen (secondary N) is 1. The Morgan fingerprint density at radius 2 is 1.79 bits per heavy atom. The molecule has 4 rings (SSSR count). The number of carbonyl (C=O) groups is 1. The van der Waals surface area contributed by atoms with Crippen LogP contribution < -0.4 is 15.0 Å². The van der Waals surface area contributed by atoms with Crippen LogP contribution in [0.3, 0.4) is 0 Å². The lowest BCUT2D eigenvalue weighted by molar-refractivity contribution is -0.137. The molecule has 1 amide bonds. The van der Waals surface area contributed by atoms with Crippen LogP contribution in [0.15, 0.2) is 71.6 Å². The molecular weight excluding hydrogens is 519 g/mol. The molecule has 0 unspecified atom stereocenters. The number of nitriles is 1. The number of alkyl halides is 3. The molecule has 3 aromatic carbocycles. The molecule has 7 nitrogen and oxygen atoms in total. The summed E-state index contributed by atoms with van der Waals surface area (Å²) in [6.07, 6.45) is -4.46. The first-order chi connectivity index (χ1) is 18.0. The van der Waals surface area contributed by atoms with Gasteiger partial charge in [0.05, 0.1) is 47.0 Å². The number of benzene rings is 3. The predicted molar refractivity (Wildman–Crippen MR) is 135 cm³/mol. The zero-order valence-corrected chi connectivity index (χ0v) is 21.1. The van der Waals surface area contributed by atoms with Crippen LogP contribution in [0.4, 0.5) is 24.5 Å². The first-order valence-corrected chi connectivity index (χ1v) is 13.4. The molecule has 11 heteroatoms. The highest BCUT2D eigenvalue weighted by molar-refractivity contribution is 7.91. The van der Waals surface area contributed by atoms with E-state index in [4.69, 9.17) is 4.74 Å². The van der Waals surface area contributed by atoms with Gasteiger partial charge in [0.1, 0.15) is 12.4 Å². The third-order valence-corrected chi connectivity index (χ3v) is 7.96. The maximum atomic E-state index is 13.1. The smallest absolute Gasteiger partial charge is 0.416 e. The highest BCUT2D eigenvalue weighted by Crippen LogP contribution is 2.38. The second-order valence-electron chi connectivity index (χ2n) is 8.59. The Bertz CT molecular complexity index is 1470. The summed E-state index contributed by atoms with van der Waals surface area (Å²) in [5.74, 6) is -0.107. The quantitative estimate of drug-likeness (QED) is 0.428. The van der Waals surface area contributed by atoms with E-state index in [2.05, 4.69) is 5.32 Å². The van der Waals surface area contributed by atoms with Crippen molar-refractivity contribution >= 4 is 27.1 Å². The molecule has 198 valence electrons. The van der Waals surface area contributed by atoms with E-state index in [0.29, 0.717) is 29.2 Å². The summed E-state index contributed by atoms with van der Waals surface area (Å²) in [5.41, 5.74) is 1.27. The first-order valence-electron chi connectivity index (χ1n) is 11.8. The van der Waals surface area contributed by atoms with Gasteiger partial charge in [-0.1, -0.05) is 19.1 Å². The van der Waals surface area contributed by atoms with Gasteiger partial charge in [-0.3, -0.25) is 4.79 Å². The molecule has 3 aromatic rings. The third kappa shape index (κ3) is 5.75. The summed E-state index contributed by atoms with van der Waals surface area (Å²) >= 11 is 0. The number of halogens is 3. The molecule has 0 bridgehead atoms.